The van der Waals surface area contributed by atoms with E-state index in [0.29, 0.717) is 5.56 Å². The highest BCUT2D eigenvalue weighted by atomic mass is 16.5. The summed E-state index contributed by atoms with van der Waals surface area (Å²) in [6, 6.07) is 9.70. The van der Waals surface area contributed by atoms with Gasteiger partial charge in [0, 0.05) is 26.2 Å². The number of carbonyl (C=O) groups is 1. The van der Waals surface area contributed by atoms with Gasteiger partial charge in [-0.1, -0.05) is 12.1 Å². The minimum Gasteiger partial charge on any atom is -0.468 e. The quantitative estimate of drug-likeness (QED) is 0.791. The van der Waals surface area contributed by atoms with Gasteiger partial charge in [0.25, 0.3) is 0 Å². The molecule has 1 saturated heterocycles. The van der Waals surface area contributed by atoms with Gasteiger partial charge in [0.1, 0.15) is 6.04 Å². The molecule has 0 radical (unpaired) electrons. The second kappa shape index (κ2) is 7.92. The summed E-state index contributed by atoms with van der Waals surface area (Å²) in [6.45, 7) is 6.52. The van der Waals surface area contributed by atoms with Gasteiger partial charge >= 0.3 is 5.97 Å². The molecule has 1 atom stereocenters. The number of carbonyl (C=O) groups excluding carboxylic acids is 1. The molecule has 1 aromatic carbocycles. The predicted octanol–water partition coefficient (Wildman–Crippen LogP) is 1.63. The topological polar surface area (TPSA) is 56.6 Å². The molecule has 0 spiro atoms. The predicted molar refractivity (Wildman–Crippen MR) is 84.1 cm³/mol. The molecule has 0 aliphatic carbocycles. The summed E-state index contributed by atoms with van der Waals surface area (Å²) in [5.74, 6) is -0.166. The average molecular weight is 301 g/mol. The van der Waals surface area contributed by atoms with Crippen LogP contribution in [-0.4, -0.2) is 55.1 Å². The van der Waals surface area contributed by atoms with E-state index in [1.54, 1.807) is 0 Å². The minimum absolute atomic E-state index is 0.166. The van der Waals surface area contributed by atoms with Crippen molar-refractivity contribution in [2.24, 2.45) is 0 Å². The number of rotatable bonds is 4. The fourth-order valence-electron chi connectivity index (χ4n) is 2.80. The molecule has 5 heteroatoms. The standard InChI is InChI=1S/C17H23N3O2/c1-14(17(21)22-2)20-9-3-8-19(10-11-20)13-16-6-4-15(12-18)5-7-16/h4-7,14H,3,8-11,13H2,1-2H3. The lowest BCUT2D eigenvalue weighted by Gasteiger charge is -2.25. The molecule has 0 aromatic heterocycles. The Labute approximate surface area is 132 Å². The first-order valence-corrected chi connectivity index (χ1v) is 7.67. The maximum absolute atomic E-state index is 11.7. The van der Waals surface area contributed by atoms with Gasteiger partial charge < -0.3 is 4.74 Å². The van der Waals surface area contributed by atoms with Crippen LogP contribution in [0.3, 0.4) is 0 Å². The Bertz CT molecular complexity index is 536. The van der Waals surface area contributed by atoms with Crippen molar-refractivity contribution in [2.75, 3.05) is 33.3 Å². The van der Waals surface area contributed by atoms with Crippen molar-refractivity contribution in [2.45, 2.75) is 25.9 Å². The van der Waals surface area contributed by atoms with E-state index in [2.05, 4.69) is 15.9 Å². The molecule has 1 fully saturated rings. The van der Waals surface area contributed by atoms with Crippen LogP contribution < -0.4 is 0 Å². The van der Waals surface area contributed by atoms with Crippen molar-refractivity contribution in [1.29, 1.82) is 5.26 Å². The fraction of sp³-hybridized carbons (Fsp3) is 0.529. The van der Waals surface area contributed by atoms with E-state index in [9.17, 15) is 4.79 Å². The van der Waals surface area contributed by atoms with Gasteiger partial charge in [-0.3, -0.25) is 14.6 Å². The Morgan fingerprint density at radius 2 is 2.00 bits per heavy atom. The highest BCUT2D eigenvalue weighted by Gasteiger charge is 2.24. The van der Waals surface area contributed by atoms with Gasteiger partial charge in [0.15, 0.2) is 0 Å². The maximum Gasteiger partial charge on any atom is 0.322 e. The lowest BCUT2D eigenvalue weighted by atomic mass is 10.1. The first kappa shape index (κ1) is 16.5. The molecule has 1 aromatic rings. The van der Waals surface area contributed by atoms with E-state index in [0.717, 1.165) is 39.1 Å². The van der Waals surface area contributed by atoms with Crippen molar-refractivity contribution in [3.63, 3.8) is 0 Å². The lowest BCUT2D eigenvalue weighted by molar-refractivity contribution is -0.146. The van der Waals surface area contributed by atoms with E-state index in [1.807, 2.05) is 31.2 Å². The molecule has 5 nitrogen and oxygen atoms in total. The zero-order valence-electron chi connectivity index (χ0n) is 13.3. The number of ether oxygens (including phenoxy) is 1. The van der Waals surface area contributed by atoms with Crippen LogP contribution in [0, 0.1) is 11.3 Å². The fourth-order valence-corrected chi connectivity index (χ4v) is 2.80. The Morgan fingerprint density at radius 3 is 2.64 bits per heavy atom. The zero-order valence-corrected chi connectivity index (χ0v) is 13.3. The Hall–Kier alpha value is -1.90. The molecule has 1 heterocycles. The number of esters is 1. The van der Waals surface area contributed by atoms with E-state index in [-0.39, 0.29) is 12.0 Å². The second-order valence-electron chi connectivity index (χ2n) is 5.67. The van der Waals surface area contributed by atoms with E-state index in [4.69, 9.17) is 10.00 Å². The van der Waals surface area contributed by atoms with Crippen LogP contribution in [0.15, 0.2) is 24.3 Å². The lowest BCUT2D eigenvalue weighted by Crippen LogP contribution is -2.41. The van der Waals surface area contributed by atoms with Crippen LogP contribution in [-0.2, 0) is 16.1 Å². The molecule has 0 N–H and O–H groups in total. The molecule has 118 valence electrons. The SMILES string of the molecule is COC(=O)C(C)N1CCCN(Cc2ccc(C#N)cc2)CC1. The molecule has 1 aliphatic heterocycles. The molecular formula is C17H23N3O2. The van der Waals surface area contributed by atoms with Gasteiger partial charge in [0.05, 0.1) is 18.7 Å². The van der Waals surface area contributed by atoms with E-state index >= 15 is 0 Å². The highest BCUT2D eigenvalue weighted by Crippen LogP contribution is 2.12. The van der Waals surface area contributed by atoms with Crippen LogP contribution >= 0.6 is 0 Å². The molecule has 2 rings (SSSR count). The molecule has 0 saturated carbocycles. The summed E-state index contributed by atoms with van der Waals surface area (Å²) < 4.78 is 4.83. The molecule has 1 aliphatic rings. The zero-order chi connectivity index (χ0) is 15.9. The largest absolute Gasteiger partial charge is 0.468 e. The summed E-state index contributed by atoms with van der Waals surface area (Å²) in [5.41, 5.74) is 1.91. The van der Waals surface area contributed by atoms with Gasteiger partial charge in [-0.25, -0.2) is 0 Å². The van der Waals surface area contributed by atoms with Crippen LogP contribution in [0.4, 0.5) is 0 Å². The average Bonchev–Trinajstić information content (AvgIpc) is 2.79. The monoisotopic (exact) mass is 301 g/mol. The number of nitrogens with zero attached hydrogens (tertiary/aromatic N) is 3. The van der Waals surface area contributed by atoms with Crippen molar-refractivity contribution in [3.8, 4) is 6.07 Å². The summed E-state index contributed by atoms with van der Waals surface area (Å²) in [5, 5.41) is 8.83. The summed E-state index contributed by atoms with van der Waals surface area (Å²) >= 11 is 0. The van der Waals surface area contributed by atoms with Crippen LogP contribution in [0.25, 0.3) is 0 Å². The Morgan fingerprint density at radius 1 is 1.27 bits per heavy atom. The summed E-state index contributed by atoms with van der Waals surface area (Å²) in [6.07, 6.45) is 1.04. The van der Waals surface area contributed by atoms with Gasteiger partial charge in [-0.2, -0.15) is 5.26 Å². The van der Waals surface area contributed by atoms with Crippen molar-refractivity contribution < 1.29 is 9.53 Å². The van der Waals surface area contributed by atoms with Crippen LogP contribution in [0.5, 0.6) is 0 Å². The van der Waals surface area contributed by atoms with Crippen LogP contribution in [0.2, 0.25) is 0 Å². The number of hydrogen-bond donors (Lipinski definition) is 0. The third kappa shape index (κ3) is 4.30. The number of methoxy groups -OCH3 is 1. The molecule has 0 bridgehead atoms. The van der Waals surface area contributed by atoms with Gasteiger partial charge in [0.2, 0.25) is 0 Å². The third-order valence-corrected chi connectivity index (χ3v) is 4.20. The normalized spacial score (nSPS) is 18.2. The first-order valence-electron chi connectivity index (χ1n) is 7.67. The molecule has 0 amide bonds. The number of benzene rings is 1. The molecule has 1 unspecified atom stereocenters. The van der Waals surface area contributed by atoms with Gasteiger partial charge in [-0.05, 0) is 37.6 Å². The smallest absolute Gasteiger partial charge is 0.322 e. The Balaban J connectivity index is 1.90. The third-order valence-electron chi connectivity index (χ3n) is 4.20. The molecular weight excluding hydrogens is 278 g/mol. The van der Waals surface area contributed by atoms with Crippen molar-refractivity contribution in [1.82, 2.24) is 9.80 Å². The van der Waals surface area contributed by atoms with Crippen LogP contribution in [0.1, 0.15) is 24.5 Å². The van der Waals surface area contributed by atoms with E-state index in [1.165, 1.54) is 12.7 Å². The van der Waals surface area contributed by atoms with Crippen molar-refractivity contribution in [3.05, 3.63) is 35.4 Å². The number of hydrogen-bond acceptors (Lipinski definition) is 5. The summed E-state index contributed by atoms with van der Waals surface area (Å²) in [4.78, 5) is 16.2. The highest BCUT2D eigenvalue weighted by molar-refractivity contribution is 5.75. The van der Waals surface area contributed by atoms with Gasteiger partial charge in [-0.15, -0.1) is 0 Å². The molecule has 22 heavy (non-hydrogen) atoms. The Kier molecular flexibility index (Phi) is 5.93. The summed E-state index contributed by atoms with van der Waals surface area (Å²) in [7, 11) is 1.44. The number of nitriles is 1. The maximum atomic E-state index is 11.7. The van der Waals surface area contributed by atoms with E-state index < -0.39 is 0 Å². The van der Waals surface area contributed by atoms with Crippen molar-refractivity contribution >= 4 is 5.97 Å². The first-order chi connectivity index (χ1) is 10.6. The minimum atomic E-state index is -0.181. The second-order valence-corrected chi connectivity index (χ2v) is 5.67.